The molecule has 0 saturated heterocycles. The molecule has 0 fully saturated rings. The molecular formula is C17H14O4. The summed E-state index contributed by atoms with van der Waals surface area (Å²) in [6.45, 7) is 0. The number of carbonyl (C=O) groups excluding carboxylic acids is 2. The fourth-order valence-electron chi connectivity index (χ4n) is 1.76. The Morgan fingerprint density at radius 2 is 1.81 bits per heavy atom. The van der Waals surface area contributed by atoms with Gasteiger partial charge in [-0.05, 0) is 35.9 Å². The van der Waals surface area contributed by atoms with Gasteiger partial charge in [0.1, 0.15) is 6.29 Å². The zero-order chi connectivity index (χ0) is 15.1. The van der Waals surface area contributed by atoms with Crippen LogP contribution >= 0.6 is 0 Å². The van der Waals surface area contributed by atoms with Crippen molar-refractivity contribution in [3.05, 3.63) is 65.7 Å². The molecule has 0 unspecified atom stereocenters. The summed E-state index contributed by atoms with van der Waals surface area (Å²) in [4.78, 5) is 22.3. The Morgan fingerprint density at radius 1 is 1.05 bits per heavy atom. The number of allylic oxidation sites excluding steroid dienone is 1. The number of esters is 1. The van der Waals surface area contributed by atoms with Crippen LogP contribution in [0, 0.1) is 0 Å². The third-order valence-corrected chi connectivity index (χ3v) is 2.77. The second kappa shape index (κ2) is 7.05. The highest BCUT2D eigenvalue weighted by Crippen LogP contribution is 2.29. The van der Waals surface area contributed by atoms with E-state index in [0.717, 1.165) is 5.56 Å². The van der Waals surface area contributed by atoms with E-state index >= 15 is 0 Å². The molecule has 0 saturated carbocycles. The summed E-state index contributed by atoms with van der Waals surface area (Å²) < 4.78 is 10.5. The van der Waals surface area contributed by atoms with Gasteiger partial charge in [-0.1, -0.05) is 30.3 Å². The van der Waals surface area contributed by atoms with Crippen LogP contribution in [-0.4, -0.2) is 19.4 Å². The molecule has 4 nitrogen and oxygen atoms in total. The van der Waals surface area contributed by atoms with Crippen LogP contribution in [0.3, 0.4) is 0 Å². The van der Waals surface area contributed by atoms with Crippen molar-refractivity contribution in [3.63, 3.8) is 0 Å². The number of hydrogen-bond donors (Lipinski definition) is 0. The molecule has 0 heterocycles. The molecule has 2 rings (SSSR count). The lowest BCUT2D eigenvalue weighted by molar-refractivity contribution is -0.104. The monoisotopic (exact) mass is 282 g/mol. The van der Waals surface area contributed by atoms with Crippen LogP contribution in [0.5, 0.6) is 11.5 Å². The maximum absolute atomic E-state index is 12.0. The minimum Gasteiger partial charge on any atom is -0.493 e. The van der Waals surface area contributed by atoms with Gasteiger partial charge in [-0.2, -0.15) is 0 Å². The maximum Gasteiger partial charge on any atom is 0.343 e. The van der Waals surface area contributed by atoms with E-state index in [4.69, 9.17) is 9.47 Å². The Kier molecular flexibility index (Phi) is 4.88. The first-order valence-electron chi connectivity index (χ1n) is 6.31. The predicted octanol–water partition coefficient (Wildman–Crippen LogP) is 3.13. The van der Waals surface area contributed by atoms with Crippen molar-refractivity contribution >= 4 is 18.3 Å². The summed E-state index contributed by atoms with van der Waals surface area (Å²) in [5.74, 6) is 0.298. The molecule has 0 spiro atoms. The summed E-state index contributed by atoms with van der Waals surface area (Å²) >= 11 is 0. The van der Waals surface area contributed by atoms with E-state index in [1.807, 2.05) is 6.07 Å². The standard InChI is InChI=1S/C17H14O4/c1-20-16-12-13(6-5-11-18)9-10-15(16)21-17(19)14-7-3-2-4-8-14/h2-12H,1H3/b6-5+. The van der Waals surface area contributed by atoms with Crippen LogP contribution in [0.25, 0.3) is 6.08 Å². The van der Waals surface area contributed by atoms with Crippen LogP contribution in [-0.2, 0) is 4.79 Å². The fourth-order valence-corrected chi connectivity index (χ4v) is 1.76. The highest BCUT2D eigenvalue weighted by atomic mass is 16.6. The van der Waals surface area contributed by atoms with E-state index in [-0.39, 0.29) is 0 Å². The second-order valence-corrected chi connectivity index (χ2v) is 4.16. The lowest BCUT2D eigenvalue weighted by atomic mass is 10.2. The van der Waals surface area contributed by atoms with E-state index in [2.05, 4.69) is 0 Å². The Morgan fingerprint density at radius 3 is 2.48 bits per heavy atom. The fraction of sp³-hybridized carbons (Fsp3) is 0.0588. The van der Waals surface area contributed by atoms with Crippen LogP contribution < -0.4 is 9.47 Å². The number of aldehydes is 1. The van der Waals surface area contributed by atoms with Gasteiger partial charge in [-0.15, -0.1) is 0 Å². The lowest BCUT2D eigenvalue weighted by Gasteiger charge is -2.10. The third-order valence-electron chi connectivity index (χ3n) is 2.77. The quantitative estimate of drug-likeness (QED) is 0.366. The molecule has 4 heteroatoms. The van der Waals surface area contributed by atoms with Crippen molar-refractivity contribution in [2.24, 2.45) is 0 Å². The highest BCUT2D eigenvalue weighted by Gasteiger charge is 2.12. The molecule has 0 atom stereocenters. The minimum atomic E-state index is -0.454. The number of ether oxygens (including phenoxy) is 2. The maximum atomic E-state index is 12.0. The molecule has 106 valence electrons. The zero-order valence-corrected chi connectivity index (χ0v) is 11.5. The SMILES string of the molecule is COc1cc(/C=C/C=O)ccc1OC(=O)c1ccccc1. The zero-order valence-electron chi connectivity index (χ0n) is 11.5. The number of hydrogen-bond acceptors (Lipinski definition) is 4. The lowest BCUT2D eigenvalue weighted by Crippen LogP contribution is -2.09. The minimum absolute atomic E-state index is 0.328. The van der Waals surface area contributed by atoms with Crippen molar-refractivity contribution in [1.29, 1.82) is 0 Å². The molecule has 0 bridgehead atoms. The molecule has 2 aromatic carbocycles. The van der Waals surface area contributed by atoms with E-state index in [0.29, 0.717) is 23.3 Å². The van der Waals surface area contributed by atoms with E-state index in [1.54, 1.807) is 48.5 Å². The third kappa shape index (κ3) is 3.79. The first kappa shape index (κ1) is 14.5. The van der Waals surface area contributed by atoms with Crippen LogP contribution in [0.15, 0.2) is 54.6 Å². The normalized spacial score (nSPS) is 10.3. The molecule has 0 aromatic heterocycles. The van der Waals surface area contributed by atoms with Gasteiger partial charge in [0.2, 0.25) is 0 Å². The number of methoxy groups -OCH3 is 1. The Balaban J connectivity index is 2.22. The molecule has 0 N–H and O–H groups in total. The molecule has 0 aliphatic rings. The molecule has 0 aliphatic carbocycles. The van der Waals surface area contributed by atoms with Gasteiger partial charge in [0.25, 0.3) is 0 Å². The molecule has 0 radical (unpaired) electrons. The summed E-state index contributed by atoms with van der Waals surface area (Å²) in [6.07, 6.45) is 3.71. The van der Waals surface area contributed by atoms with E-state index < -0.39 is 5.97 Å². The molecular weight excluding hydrogens is 268 g/mol. The molecule has 0 aliphatic heterocycles. The molecule has 21 heavy (non-hydrogen) atoms. The van der Waals surface area contributed by atoms with Gasteiger partial charge < -0.3 is 9.47 Å². The van der Waals surface area contributed by atoms with Crippen LogP contribution in [0.4, 0.5) is 0 Å². The summed E-state index contributed by atoms with van der Waals surface area (Å²) in [7, 11) is 1.49. The Labute approximate surface area is 122 Å². The van der Waals surface area contributed by atoms with E-state index in [9.17, 15) is 9.59 Å². The van der Waals surface area contributed by atoms with Crippen molar-refractivity contribution in [2.45, 2.75) is 0 Å². The smallest absolute Gasteiger partial charge is 0.343 e. The second-order valence-electron chi connectivity index (χ2n) is 4.16. The number of rotatable bonds is 5. The molecule has 0 amide bonds. The first-order chi connectivity index (χ1) is 10.2. The average molecular weight is 282 g/mol. The summed E-state index contributed by atoms with van der Waals surface area (Å²) in [5, 5.41) is 0. The predicted molar refractivity (Wildman–Crippen MR) is 79.5 cm³/mol. The van der Waals surface area contributed by atoms with Crippen molar-refractivity contribution < 1.29 is 19.1 Å². The highest BCUT2D eigenvalue weighted by molar-refractivity contribution is 5.91. The van der Waals surface area contributed by atoms with Gasteiger partial charge in [0.15, 0.2) is 11.5 Å². The van der Waals surface area contributed by atoms with Gasteiger partial charge in [-0.25, -0.2) is 4.79 Å². The summed E-state index contributed by atoms with van der Waals surface area (Å²) in [5.41, 5.74) is 1.24. The topological polar surface area (TPSA) is 52.6 Å². The first-order valence-corrected chi connectivity index (χ1v) is 6.31. The summed E-state index contributed by atoms with van der Waals surface area (Å²) in [6, 6.07) is 13.8. The van der Waals surface area contributed by atoms with Crippen LogP contribution in [0.2, 0.25) is 0 Å². The van der Waals surface area contributed by atoms with Crippen molar-refractivity contribution in [3.8, 4) is 11.5 Å². The van der Waals surface area contributed by atoms with Crippen molar-refractivity contribution in [2.75, 3.05) is 7.11 Å². The Hall–Kier alpha value is -2.88. The van der Waals surface area contributed by atoms with E-state index in [1.165, 1.54) is 13.2 Å². The number of benzene rings is 2. The Bertz CT molecular complexity index is 660. The molecule has 2 aromatic rings. The van der Waals surface area contributed by atoms with Gasteiger partial charge in [-0.3, -0.25) is 4.79 Å². The average Bonchev–Trinajstić information content (AvgIpc) is 2.54. The number of carbonyl (C=O) groups is 2. The van der Waals surface area contributed by atoms with Gasteiger partial charge in [0.05, 0.1) is 12.7 Å². The van der Waals surface area contributed by atoms with Crippen molar-refractivity contribution in [1.82, 2.24) is 0 Å². The van der Waals surface area contributed by atoms with Crippen LogP contribution in [0.1, 0.15) is 15.9 Å². The largest absolute Gasteiger partial charge is 0.493 e. The van der Waals surface area contributed by atoms with Gasteiger partial charge in [0, 0.05) is 0 Å². The van der Waals surface area contributed by atoms with Gasteiger partial charge >= 0.3 is 5.97 Å².